The second-order valence-electron chi connectivity index (χ2n) is 10.1. The molecule has 6 rings (SSSR count). The zero-order chi connectivity index (χ0) is 31.8. The lowest BCUT2D eigenvalue weighted by Gasteiger charge is -2.34. The molecule has 232 valence electrons. The van der Waals surface area contributed by atoms with Gasteiger partial charge in [-0.05, 0) is 77.8 Å². The predicted octanol–water partition coefficient (Wildman–Crippen LogP) is 6.86. The van der Waals surface area contributed by atoms with Crippen molar-refractivity contribution in [3.05, 3.63) is 102 Å². The van der Waals surface area contributed by atoms with Crippen LogP contribution in [-0.4, -0.2) is 66.4 Å². The van der Waals surface area contributed by atoms with Gasteiger partial charge >= 0.3 is 0 Å². The number of carbonyl (C=O) groups is 1. The third kappa shape index (κ3) is 6.89. The van der Waals surface area contributed by atoms with E-state index >= 15 is 0 Å². The molecule has 2 aliphatic heterocycles. The number of amides is 1. The third-order valence-electron chi connectivity index (χ3n) is 7.56. The maximum absolute atomic E-state index is 11.9. The van der Waals surface area contributed by atoms with Gasteiger partial charge in [0.15, 0.2) is 11.5 Å². The molecule has 0 radical (unpaired) electrons. The molecule has 0 bridgehead atoms. The third-order valence-corrected chi connectivity index (χ3v) is 7.56. The minimum Gasteiger partial charge on any atom is -0.493 e. The van der Waals surface area contributed by atoms with Crippen LogP contribution in [0.2, 0.25) is 0 Å². The number of aromatic nitrogens is 2. The molecule has 9 nitrogen and oxygen atoms in total. The van der Waals surface area contributed by atoms with Gasteiger partial charge in [-0.15, -0.1) is 5.73 Å². The Morgan fingerprint density at radius 3 is 2.64 bits per heavy atom. The summed E-state index contributed by atoms with van der Waals surface area (Å²) in [4.78, 5) is 29.9. The first kappa shape index (κ1) is 31.0. The van der Waals surface area contributed by atoms with Crippen LogP contribution in [0, 0.1) is 0 Å². The van der Waals surface area contributed by atoms with E-state index in [0.717, 1.165) is 45.1 Å². The van der Waals surface area contributed by atoms with E-state index in [1.807, 2.05) is 75.4 Å². The number of benzene rings is 2. The highest BCUT2D eigenvalue weighted by molar-refractivity contribution is 6.13. The SMILES string of the molecule is C=CC(=O)N1CCN(c2ncc3c(n2)C(/C=C/c2ccc(Oc4ccc5c(c4)C=C=CC5=CC)c(OC)c2)=NCN3)CC1.CC.[HH]. The number of nitrogens with zero attached hydrogens (tertiary/aromatic N) is 5. The molecule has 9 heteroatoms. The molecule has 45 heavy (non-hydrogen) atoms. The second kappa shape index (κ2) is 14.4. The lowest BCUT2D eigenvalue weighted by Crippen LogP contribution is -2.48. The molecule has 0 unspecified atom stereocenters. The lowest BCUT2D eigenvalue weighted by atomic mass is 9.96. The number of hydrogen-bond acceptors (Lipinski definition) is 8. The number of ether oxygens (including phenoxy) is 2. The van der Waals surface area contributed by atoms with Crippen LogP contribution in [-0.2, 0) is 4.79 Å². The Morgan fingerprint density at radius 1 is 1.07 bits per heavy atom. The summed E-state index contributed by atoms with van der Waals surface area (Å²) < 4.78 is 11.9. The molecule has 2 aromatic carbocycles. The number of methoxy groups -OCH3 is 1. The molecule has 1 amide bonds. The second-order valence-corrected chi connectivity index (χ2v) is 10.1. The highest BCUT2D eigenvalue weighted by atomic mass is 16.5. The zero-order valence-corrected chi connectivity index (χ0v) is 26.2. The molecular formula is C36H40N6O3. The van der Waals surface area contributed by atoms with Crippen molar-refractivity contribution in [2.45, 2.75) is 20.8 Å². The van der Waals surface area contributed by atoms with Crippen molar-refractivity contribution in [2.75, 3.05) is 50.2 Å². The van der Waals surface area contributed by atoms with Gasteiger partial charge in [0, 0.05) is 27.6 Å². The molecule has 1 aliphatic carbocycles. The van der Waals surface area contributed by atoms with Gasteiger partial charge in [-0.2, -0.15) is 0 Å². The van der Waals surface area contributed by atoms with Gasteiger partial charge in [-0.3, -0.25) is 9.79 Å². The Bertz CT molecular complexity index is 1750. The lowest BCUT2D eigenvalue weighted by molar-refractivity contribution is -0.126. The summed E-state index contributed by atoms with van der Waals surface area (Å²) in [6.07, 6.45) is 13.1. The average molecular weight is 605 g/mol. The summed E-state index contributed by atoms with van der Waals surface area (Å²) in [6, 6.07) is 11.9. The Hall–Kier alpha value is -5.40. The monoisotopic (exact) mass is 604 g/mol. The fourth-order valence-electron chi connectivity index (χ4n) is 5.22. The van der Waals surface area contributed by atoms with E-state index in [1.165, 1.54) is 6.08 Å². The maximum atomic E-state index is 11.9. The number of fused-ring (bicyclic) bond motifs is 2. The minimum absolute atomic E-state index is 0. The average Bonchev–Trinajstić information content (AvgIpc) is 3.11. The fraction of sp³-hybridized carbons (Fsp3) is 0.250. The normalized spacial score (nSPS) is 15.8. The minimum atomic E-state index is -0.0529. The van der Waals surface area contributed by atoms with Crippen molar-refractivity contribution in [2.24, 2.45) is 4.99 Å². The highest BCUT2D eigenvalue weighted by Gasteiger charge is 2.23. The van der Waals surface area contributed by atoms with E-state index in [-0.39, 0.29) is 7.33 Å². The number of hydrogen-bond donors (Lipinski definition) is 1. The number of anilines is 2. The molecule has 0 atom stereocenters. The Morgan fingerprint density at radius 2 is 1.89 bits per heavy atom. The molecular weight excluding hydrogens is 564 g/mol. The Kier molecular flexibility index (Phi) is 9.92. The van der Waals surface area contributed by atoms with Gasteiger partial charge in [0.2, 0.25) is 11.9 Å². The maximum Gasteiger partial charge on any atom is 0.246 e. The summed E-state index contributed by atoms with van der Waals surface area (Å²) >= 11 is 0. The molecule has 3 heterocycles. The number of allylic oxidation sites excluding steroid dienone is 4. The molecule has 1 saturated heterocycles. The van der Waals surface area contributed by atoms with Crippen LogP contribution in [0.1, 0.15) is 44.6 Å². The van der Waals surface area contributed by atoms with E-state index in [9.17, 15) is 4.79 Å². The number of carbonyl (C=O) groups excluding carboxylic acids is 1. The van der Waals surface area contributed by atoms with E-state index < -0.39 is 0 Å². The molecule has 1 aromatic heterocycles. The van der Waals surface area contributed by atoms with Crippen LogP contribution in [0.15, 0.2) is 84.2 Å². The van der Waals surface area contributed by atoms with Crippen LogP contribution >= 0.6 is 0 Å². The standard InChI is InChI=1S/C34H32N6O3.C2H6.H2/c1-4-24-7-6-8-25-20-26(11-12-27(24)25)43-30-14-10-23(19-31(30)42-3)9-13-28-33-29(37-22-36-28)21-35-34(38-33)40-17-15-39(16-18-40)32(41)5-2;1-2;/h4-5,7-14,19-21,37H,2,15-18,22H2,1,3H3;1-2H3;1H/b13-9+,24-4?;;. The Balaban J connectivity index is 0.00000157. The molecule has 1 fully saturated rings. The largest absolute Gasteiger partial charge is 0.493 e. The van der Waals surface area contributed by atoms with Crippen molar-refractivity contribution in [3.63, 3.8) is 0 Å². The van der Waals surface area contributed by atoms with Crippen molar-refractivity contribution in [1.29, 1.82) is 0 Å². The molecule has 3 aliphatic rings. The first-order valence-electron chi connectivity index (χ1n) is 15.2. The number of piperazine rings is 1. The number of rotatable bonds is 7. The van der Waals surface area contributed by atoms with Crippen LogP contribution in [0.4, 0.5) is 11.6 Å². The van der Waals surface area contributed by atoms with Gasteiger partial charge in [-0.25, -0.2) is 9.97 Å². The summed E-state index contributed by atoms with van der Waals surface area (Å²) in [5, 5.41) is 3.25. The van der Waals surface area contributed by atoms with Crippen molar-refractivity contribution in [3.8, 4) is 17.2 Å². The van der Waals surface area contributed by atoms with Crippen molar-refractivity contribution < 1.29 is 15.7 Å². The number of nitrogens with one attached hydrogen (secondary N) is 1. The first-order chi connectivity index (χ1) is 22.1. The predicted molar refractivity (Wildman–Crippen MR) is 184 cm³/mol. The van der Waals surface area contributed by atoms with Crippen molar-refractivity contribution >= 4 is 41.0 Å². The molecule has 0 saturated carbocycles. The molecule has 1 N–H and O–H groups in total. The summed E-state index contributed by atoms with van der Waals surface area (Å²) in [7, 11) is 1.63. The quantitative estimate of drug-likeness (QED) is 0.233. The highest BCUT2D eigenvalue weighted by Crippen LogP contribution is 2.35. The van der Waals surface area contributed by atoms with Crippen LogP contribution in [0.3, 0.4) is 0 Å². The molecule has 3 aromatic rings. The summed E-state index contributed by atoms with van der Waals surface area (Å²) in [5.41, 5.74) is 9.81. The topological polar surface area (TPSA) is 92.2 Å². The van der Waals surface area contributed by atoms with Crippen LogP contribution in [0.25, 0.3) is 17.7 Å². The van der Waals surface area contributed by atoms with E-state index in [1.54, 1.807) is 18.2 Å². The Labute approximate surface area is 266 Å². The van der Waals surface area contributed by atoms with Crippen LogP contribution < -0.4 is 19.7 Å². The zero-order valence-electron chi connectivity index (χ0n) is 26.2. The van der Waals surface area contributed by atoms with Gasteiger partial charge < -0.3 is 24.6 Å². The van der Waals surface area contributed by atoms with Gasteiger partial charge in [0.05, 0.1) is 24.7 Å². The smallest absolute Gasteiger partial charge is 0.246 e. The number of aliphatic imine (C=N–C) groups is 1. The van der Waals surface area contributed by atoms with E-state index in [0.29, 0.717) is 50.3 Å². The first-order valence-corrected chi connectivity index (χ1v) is 15.2. The fourth-order valence-corrected chi connectivity index (χ4v) is 5.22. The molecule has 0 spiro atoms. The summed E-state index contributed by atoms with van der Waals surface area (Å²) in [6.45, 7) is 12.5. The van der Waals surface area contributed by atoms with Gasteiger partial charge in [0.25, 0.3) is 0 Å². The van der Waals surface area contributed by atoms with Crippen LogP contribution in [0.5, 0.6) is 17.2 Å². The van der Waals surface area contributed by atoms with E-state index in [2.05, 4.69) is 44.6 Å². The van der Waals surface area contributed by atoms with Gasteiger partial charge in [0.1, 0.15) is 18.1 Å². The van der Waals surface area contributed by atoms with E-state index in [4.69, 9.17) is 14.5 Å². The van der Waals surface area contributed by atoms with Crippen molar-refractivity contribution in [1.82, 2.24) is 14.9 Å². The van der Waals surface area contributed by atoms with Gasteiger partial charge in [-0.1, -0.05) is 44.7 Å². The summed E-state index contributed by atoms with van der Waals surface area (Å²) in [5.74, 6) is 2.53.